The standard InChI is InChI=1S/C28H49NO5/c1-31-25-11-10-19(15-26(25)32-2)14-23-22-17-28(34-4)27(33-3)16-21(22)12-13-29(23)18-24(30)20-8-6-5-7-9-20/h19-23,25-28H,5-18H2,1-4H3/p+1. The van der Waals surface area contributed by atoms with Crippen molar-refractivity contribution in [3.05, 3.63) is 0 Å². The Labute approximate surface area is 207 Å². The zero-order valence-electron chi connectivity index (χ0n) is 22.1. The van der Waals surface area contributed by atoms with Gasteiger partial charge in [0, 0.05) is 46.7 Å². The monoisotopic (exact) mass is 480 g/mol. The van der Waals surface area contributed by atoms with Crippen LogP contribution >= 0.6 is 0 Å². The second-order valence-corrected chi connectivity index (χ2v) is 11.7. The van der Waals surface area contributed by atoms with Crippen molar-refractivity contribution in [2.24, 2.45) is 23.7 Å². The minimum atomic E-state index is 0.165. The van der Waals surface area contributed by atoms with Crippen molar-refractivity contribution in [1.29, 1.82) is 0 Å². The van der Waals surface area contributed by atoms with Crippen LogP contribution in [0, 0.1) is 23.7 Å². The molecule has 4 rings (SSSR count). The molecule has 0 spiro atoms. The molecule has 9 atom stereocenters. The highest BCUT2D eigenvalue weighted by Gasteiger charge is 2.49. The molecule has 6 nitrogen and oxygen atoms in total. The molecular weight excluding hydrogens is 430 g/mol. The summed E-state index contributed by atoms with van der Waals surface area (Å²) in [6.07, 6.45) is 14.7. The molecule has 0 amide bonds. The number of Topliss-reactive ketones (excluding diaryl/α,β-unsaturated/α-hetero) is 1. The number of rotatable bonds is 9. The average molecular weight is 481 g/mol. The fourth-order valence-electron chi connectivity index (χ4n) is 8.05. The lowest BCUT2D eigenvalue weighted by molar-refractivity contribution is -0.930. The number of quaternary nitrogens is 1. The van der Waals surface area contributed by atoms with Gasteiger partial charge in [-0.25, -0.2) is 0 Å². The van der Waals surface area contributed by atoms with Gasteiger partial charge in [0.25, 0.3) is 0 Å². The van der Waals surface area contributed by atoms with E-state index < -0.39 is 0 Å². The maximum atomic E-state index is 13.4. The molecule has 0 aromatic carbocycles. The molecule has 1 saturated heterocycles. The molecule has 4 fully saturated rings. The van der Waals surface area contributed by atoms with Crippen LogP contribution in [0.2, 0.25) is 0 Å². The summed E-state index contributed by atoms with van der Waals surface area (Å²) in [7, 11) is 7.30. The van der Waals surface area contributed by atoms with E-state index >= 15 is 0 Å². The SMILES string of the molecule is COC1CCC(CC2C3CC(OC)C(OC)CC3CC[NH+]2CC(=O)C2CCCCC2)CC1OC. The van der Waals surface area contributed by atoms with Crippen LogP contribution in [0.25, 0.3) is 0 Å². The Bertz CT molecular complexity index is 638. The van der Waals surface area contributed by atoms with E-state index in [1.54, 1.807) is 4.90 Å². The van der Waals surface area contributed by atoms with Crippen molar-refractivity contribution in [1.82, 2.24) is 0 Å². The highest BCUT2D eigenvalue weighted by Crippen LogP contribution is 2.41. The zero-order chi connectivity index (χ0) is 24.1. The van der Waals surface area contributed by atoms with Crippen LogP contribution in [0.15, 0.2) is 0 Å². The van der Waals surface area contributed by atoms with Gasteiger partial charge in [-0.2, -0.15) is 0 Å². The van der Waals surface area contributed by atoms with Gasteiger partial charge in [0.2, 0.25) is 0 Å². The first kappa shape index (κ1) is 26.5. The number of methoxy groups -OCH3 is 4. The normalized spacial score (nSPS) is 41.7. The van der Waals surface area contributed by atoms with E-state index in [1.807, 2.05) is 28.4 Å². The zero-order valence-corrected chi connectivity index (χ0v) is 22.1. The molecule has 0 bridgehead atoms. The summed E-state index contributed by atoms with van der Waals surface area (Å²) in [6.45, 7) is 1.85. The average Bonchev–Trinajstić information content (AvgIpc) is 2.89. The summed E-state index contributed by atoms with van der Waals surface area (Å²) < 4.78 is 23.3. The van der Waals surface area contributed by atoms with Gasteiger partial charge < -0.3 is 23.8 Å². The van der Waals surface area contributed by atoms with Gasteiger partial charge in [-0.3, -0.25) is 4.79 Å². The third-order valence-electron chi connectivity index (χ3n) is 10.0. The molecule has 4 aliphatic rings. The molecule has 1 N–H and O–H groups in total. The van der Waals surface area contributed by atoms with Gasteiger partial charge in [0.15, 0.2) is 5.78 Å². The van der Waals surface area contributed by atoms with Crippen LogP contribution in [0.1, 0.15) is 77.0 Å². The van der Waals surface area contributed by atoms with Crippen molar-refractivity contribution >= 4 is 5.78 Å². The molecule has 0 aromatic rings. The van der Waals surface area contributed by atoms with Gasteiger partial charge >= 0.3 is 0 Å². The van der Waals surface area contributed by atoms with Crippen LogP contribution in [-0.2, 0) is 23.7 Å². The van der Waals surface area contributed by atoms with E-state index in [0.717, 1.165) is 51.6 Å². The largest absolute Gasteiger partial charge is 0.379 e. The Balaban J connectivity index is 1.49. The molecule has 9 unspecified atom stereocenters. The highest BCUT2D eigenvalue weighted by atomic mass is 16.5. The summed E-state index contributed by atoms with van der Waals surface area (Å²) in [6, 6.07) is 0.531. The number of likely N-dealkylation sites (tertiary alicyclic amines) is 1. The van der Waals surface area contributed by atoms with Crippen molar-refractivity contribution < 1.29 is 28.6 Å². The van der Waals surface area contributed by atoms with Gasteiger partial charge in [0.1, 0.15) is 6.54 Å². The first-order valence-corrected chi connectivity index (χ1v) is 14.1. The fourth-order valence-corrected chi connectivity index (χ4v) is 8.05. The summed E-state index contributed by atoms with van der Waals surface area (Å²) in [5, 5.41) is 0. The number of piperidine rings is 1. The highest BCUT2D eigenvalue weighted by molar-refractivity contribution is 5.82. The molecule has 1 aliphatic heterocycles. The predicted molar refractivity (Wildman–Crippen MR) is 132 cm³/mol. The Hall–Kier alpha value is -0.530. The Morgan fingerprint density at radius 1 is 0.735 bits per heavy atom. The third-order valence-corrected chi connectivity index (χ3v) is 10.0. The van der Waals surface area contributed by atoms with Gasteiger partial charge in [-0.05, 0) is 63.2 Å². The number of fused-ring (bicyclic) bond motifs is 1. The first-order valence-electron chi connectivity index (χ1n) is 14.1. The lowest BCUT2D eigenvalue weighted by Crippen LogP contribution is -3.19. The number of hydrogen-bond donors (Lipinski definition) is 1. The summed E-state index contributed by atoms with van der Waals surface area (Å²) >= 11 is 0. The number of carbonyl (C=O) groups is 1. The van der Waals surface area contributed by atoms with Crippen molar-refractivity contribution in [2.45, 2.75) is 108 Å². The quantitative estimate of drug-likeness (QED) is 0.550. The van der Waals surface area contributed by atoms with E-state index in [1.165, 1.54) is 38.5 Å². The minimum Gasteiger partial charge on any atom is -0.379 e. The maximum absolute atomic E-state index is 13.4. The molecule has 3 aliphatic carbocycles. The van der Waals surface area contributed by atoms with E-state index in [-0.39, 0.29) is 24.4 Å². The molecule has 1 heterocycles. The Morgan fingerprint density at radius 3 is 2.06 bits per heavy atom. The minimum absolute atomic E-state index is 0.165. The predicted octanol–water partition coefficient (Wildman–Crippen LogP) is 3.07. The topological polar surface area (TPSA) is 58.4 Å². The summed E-state index contributed by atoms with van der Waals surface area (Å²) in [4.78, 5) is 14.9. The van der Waals surface area contributed by atoms with E-state index in [9.17, 15) is 4.79 Å². The van der Waals surface area contributed by atoms with Crippen LogP contribution in [0.5, 0.6) is 0 Å². The van der Waals surface area contributed by atoms with Crippen molar-refractivity contribution in [2.75, 3.05) is 41.5 Å². The van der Waals surface area contributed by atoms with Crippen LogP contribution in [0.3, 0.4) is 0 Å². The molecule has 6 heteroatoms. The van der Waals surface area contributed by atoms with Gasteiger partial charge in [-0.1, -0.05) is 19.3 Å². The lowest BCUT2D eigenvalue weighted by Gasteiger charge is -2.50. The second kappa shape index (κ2) is 12.6. The lowest BCUT2D eigenvalue weighted by atomic mass is 9.66. The van der Waals surface area contributed by atoms with Crippen molar-refractivity contribution in [3.8, 4) is 0 Å². The number of ether oxygens (including phenoxy) is 4. The number of ketones is 1. The molecule has 0 radical (unpaired) electrons. The van der Waals surface area contributed by atoms with Crippen molar-refractivity contribution in [3.63, 3.8) is 0 Å². The molecular formula is C28H50NO5+. The molecule has 3 saturated carbocycles. The first-order chi connectivity index (χ1) is 16.6. The van der Waals surface area contributed by atoms with Crippen LogP contribution < -0.4 is 4.90 Å². The number of hydrogen-bond acceptors (Lipinski definition) is 5. The van der Waals surface area contributed by atoms with Crippen LogP contribution in [0.4, 0.5) is 0 Å². The molecule has 0 aromatic heterocycles. The smallest absolute Gasteiger partial charge is 0.189 e. The van der Waals surface area contributed by atoms with E-state index in [2.05, 4.69) is 0 Å². The third kappa shape index (κ3) is 6.05. The molecule has 196 valence electrons. The van der Waals surface area contributed by atoms with Crippen LogP contribution in [-0.4, -0.2) is 77.8 Å². The maximum Gasteiger partial charge on any atom is 0.189 e. The summed E-state index contributed by atoms with van der Waals surface area (Å²) in [5.74, 6) is 2.78. The second-order valence-electron chi connectivity index (χ2n) is 11.7. The number of carbonyl (C=O) groups excluding carboxylic acids is 1. The summed E-state index contributed by atoms with van der Waals surface area (Å²) in [5.41, 5.74) is 0. The Morgan fingerprint density at radius 2 is 1.38 bits per heavy atom. The Kier molecular flexibility index (Phi) is 9.85. The van der Waals surface area contributed by atoms with Gasteiger partial charge in [-0.15, -0.1) is 0 Å². The van der Waals surface area contributed by atoms with E-state index in [0.29, 0.717) is 35.5 Å². The number of nitrogens with one attached hydrogen (secondary N) is 1. The van der Waals surface area contributed by atoms with Gasteiger partial charge in [0.05, 0.1) is 37.0 Å². The fraction of sp³-hybridized carbons (Fsp3) is 0.964. The molecule has 34 heavy (non-hydrogen) atoms. The van der Waals surface area contributed by atoms with E-state index in [4.69, 9.17) is 18.9 Å².